The molecule has 10 nitrogen and oxygen atoms in total. The predicted octanol–water partition coefficient (Wildman–Crippen LogP) is 1.83. The molecule has 2 aliphatic rings. The third-order valence-corrected chi connectivity index (χ3v) is 6.80. The van der Waals surface area contributed by atoms with E-state index >= 15 is 0 Å². The van der Waals surface area contributed by atoms with Crippen LogP contribution in [0, 0.1) is 10.5 Å². The van der Waals surface area contributed by atoms with E-state index in [1.165, 1.54) is 10.8 Å². The molecular weight excluding hydrogens is 516 g/mol. The molecule has 0 amide bonds. The maximum Gasteiger partial charge on any atom is 0.530 e. The highest BCUT2D eigenvalue weighted by Gasteiger charge is 2.40. The number of aliphatic hydroxyl groups excluding tert-OH is 1. The van der Waals surface area contributed by atoms with Crippen molar-refractivity contribution in [3.05, 3.63) is 59.9 Å². The van der Waals surface area contributed by atoms with Crippen LogP contribution in [0.1, 0.15) is 23.8 Å². The molecule has 1 fully saturated rings. The number of ether oxygens (including phenoxy) is 1. The van der Waals surface area contributed by atoms with E-state index in [-0.39, 0.29) is 19.6 Å². The average molecular weight is 534 g/mol. The van der Waals surface area contributed by atoms with Crippen molar-refractivity contribution in [1.29, 1.82) is 0 Å². The summed E-state index contributed by atoms with van der Waals surface area (Å²) in [6.45, 7) is 1.65. The first kappa shape index (κ1) is 20.8. The standard InChI is InChI=1S/C17H18IN2O8P/c1-9-3-2-4-10-7-25-29(24,28-15(9)10)26-8-13-12(21)5-14(27-13)20-6-11(18)16(22)19-17(20)23/h2-4,6,12-14,21H,5,7-8H2,1H3,(H,19,22,23)/t12-,13+,14+,29-/m0/s1/i18-2. The third-order valence-electron chi connectivity index (χ3n) is 4.71. The van der Waals surface area contributed by atoms with Crippen LogP contribution in [0.3, 0.4) is 0 Å². The molecule has 1 aromatic carbocycles. The predicted molar refractivity (Wildman–Crippen MR) is 109 cm³/mol. The molecule has 29 heavy (non-hydrogen) atoms. The molecule has 3 heterocycles. The first-order valence-electron chi connectivity index (χ1n) is 8.77. The molecule has 0 radical (unpaired) electrons. The number of nitrogens with one attached hydrogen (secondary N) is 1. The lowest BCUT2D eigenvalue weighted by Crippen LogP contribution is -2.33. The van der Waals surface area contributed by atoms with Crippen molar-refractivity contribution < 1.29 is 28.0 Å². The van der Waals surface area contributed by atoms with Crippen molar-refractivity contribution in [1.82, 2.24) is 9.55 Å². The number of phosphoric acid groups is 1. The van der Waals surface area contributed by atoms with Crippen molar-refractivity contribution in [2.24, 2.45) is 0 Å². The minimum absolute atomic E-state index is 0.0796. The topological polar surface area (TPSA) is 129 Å². The number of aromatic amines is 1. The van der Waals surface area contributed by atoms with Crippen LogP contribution < -0.4 is 15.8 Å². The van der Waals surface area contributed by atoms with E-state index in [2.05, 4.69) is 4.98 Å². The summed E-state index contributed by atoms with van der Waals surface area (Å²) in [7, 11) is -3.88. The van der Waals surface area contributed by atoms with Gasteiger partial charge in [0.15, 0.2) is 0 Å². The molecule has 156 valence electrons. The van der Waals surface area contributed by atoms with E-state index in [0.29, 0.717) is 9.32 Å². The molecule has 0 saturated carbocycles. The van der Waals surface area contributed by atoms with Crippen LogP contribution >= 0.6 is 30.4 Å². The highest BCUT2D eigenvalue weighted by Crippen LogP contribution is 2.55. The van der Waals surface area contributed by atoms with Crippen molar-refractivity contribution in [2.45, 2.75) is 38.4 Å². The second kappa shape index (κ2) is 7.97. The smallest absolute Gasteiger partial charge is 0.403 e. The number of fused-ring (bicyclic) bond motifs is 1. The Labute approximate surface area is 178 Å². The Kier molecular flexibility index (Phi) is 5.70. The van der Waals surface area contributed by atoms with Gasteiger partial charge in [0.25, 0.3) is 5.56 Å². The van der Waals surface area contributed by atoms with Gasteiger partial charge in [0, 0.05) is 18.2 Å². The Morgan fingerprint density at radius 1 is 1.41 bits per heavy atom. The molecule has 4 rings (SSSR count). The average Bonchev–Trinajstić information content (AvgIpc) is 3.04. The van der Waals surface area contributed by atoms with Crippen molar-refractivity contribution in [3.8, 4) is 5.75 Å². The number of hydrogen-bond donors (Lipinski definition) is 2. The van der Waals surface area contributed by atoms with Gasteiger partial charge in [-0.3, -0.25) is 23.4 Å². The normalized spacial score (nSPS) is 28.7. The van der Waals surface area contributed by atoms with Crippen LogP contribution in [0.4, 0.5) is 0 Å². The number of rotatable bonds is 4. The summed E-state index contributed by atoms with van der Waals surface area (Å²) in [4.78, 5) is 25.7. The summed E-state index contributed by atoms with van der Waals surface area (Å²) in [6, 6.07) is 5.48. The van der Waals surface area contributed by atoms with Gasteiger partial charge in [0.05, 0.1) is 22.9 Å². The monoisotopic (exact) mass is 534 g/mol. The Balaban J connectivity index is 1.44. The second-order valence-corrected chi connectivity index (χ2v) is 9.50. The van der Waals surface area contributed by atoms with E-state index in [1.54, 1.807) is 22.6 Å². The quantitative estimate of drug-likeness (QED) is 0.450. The number of hydrogen-bond acceptors (Lipinski definition) is 8. The second-order valence-electron chi connectivity index (χ2n) is 6.75. The molecule has 1 saturated heterocycles. The van der Waals surface area contributed by atoms with Crippen LogP contribution in [0.15, 0.2) is 34.0 Å². The zero-order valence-corrected chi connectivity index (χ0v) is 18.3. The van der Waals surface area contributed by atoms with Gasteiger partial charge in [-0.1, -0.05) is 18.2 Å². The maximum absolute atomic E-state index is 12.8. The lowest BCUT2D eigenvalue weighted by atomic mass is 10.1. The van der Waals surface area contributed by atoms with Crippen LogP contribution in [0.25, 0.3) is 0 Å². The number of phosphoric ester groups is 1. The Hall–Kier alpha value is -1.50. The molecule has 1 aromatic heterocycles. The summed E-state index contributed by atoms with van der Waals surface area (Å²) >= 11 is 1.80. The van der Waals surface area contributed by atoms with E-state index in [1.807, 2.05) is 25.1 Å². The molecule has 12 heteroatoms. The lowest BCUT2D eigenvalue weighted by molar-refractivity contribution is -0.0469. The molecule has 0 unspecified atom stereocenters. The first-order valence-corrected chi connectivity index (χ1v) is 11.3. The minimum Gasteiger partial charge on any atom is -0.403 e. The third kappa shape index (κ3) is 4.21. The summed E-state index contributed by atoms with van der Waals surface area (Å²) in [6.07, 6.45) is -1.16. The van der Waals surface area contributed by atoms with Crippen LogP contribution in [0.5, 0.6) is 5.75 Å². The number of benzene rings is 1. The molecule has 0 aliphatic carbocycles. The highest BCUT2D eigenvalue weighted by molar-refractivity contribution is 14.1. The molecule has 0 bridgehead atoms. The first-order chi connectivity index (χ1) is 13.8. The molecular formula is C17H18IN2O8P. The van der Waals surface area contributed by atoms with Gasteiger partial charge in [-0.2, -0.15) is 0 Å². The van der Waals surface area contributed by atoms with Crippen molar-refractivity contribution in [2.75, 3.05) is 6.61 Å². The van der Waals surface area contributed by atoms with Gasteiger partial charge < -0.3 is 14.4 Å². The molecule has 2 aromatic rings. The molecule has 0 spiro atoms. The molecule has 2 aliphatic heterocycles. The number of nitrogens with zero attached hydrogens (tertiary/aromatic N) is 1. The van der Waals surface area contributed by atoms with Crippen molar-refractivity contribution in [3.63, 3.8) is 0 Å². The van der Waals surface area contributed by atoms with Gasteiger partial charge in [0.1, 0.15) is 18.1 Å². The summed E-state index contributed by atoms with van der Waals surface area (Å²) in [5, 5.41) is 10.3. The Bertz CT molecular complexity index is 1100. The zero-order chi connectivity index (χ0) is 20.8. The van der Waals surface area contributed by atoms with Gasteiger partial charge in [-0.15, -0.1) is 0 Å². The van der Waals surface area contributed by atoms with E-state index in [0.717, 1.165) is 11.1 Å². The van der Waals surface area contributed by atoms with Gasteiger partial charge in [0.2, 0.25) is 0 Å². The van der Waals surface area contributed by atoms with Crippen LogP contribution in [0.2, 0.25) is 0 Å². The fraction of sp³-hybridized carbons (Fsp3) is 0.412. The number of aryl methyl sites for hydroxylation is 1. The molecule has 4 atom stereocenters. The lowest BCUT2D eigenvalue weighted by Gasteiger charge is -2.27. The van der Waals surface area contributed by atoms with E-state index in [9.17, 15) is 19.3 Å². The Morgan fingerprint density at radius 3 is 3.00 bits per heavy atom. The number of para-hydroxylation sites is 1. The maximum atomic E-state index is 12.8. The number of aromatic nitrogens is 2. The molecule has 2 N–H and O–H groups in total. The van der Waals surface area contributed by atoms with E-state index < -0.39 is 37.5 Å². The fourth-order valence-corrected chi connectivity index (χ4v) is 4.91. The highest BCUT2D eigenvalue weighted by atomic mass is 125. The van der Waals surface area contributed by atoms with Crippen LogP contribution in [-0.2, 0) is 25.0 Å². The number of halogens is 1. The summed E-state index contributed by atoms with van der Waals surface area (Å²) < 4.78 is 36.1. The number of aliphatic hydroxyl groups is 1. The zero-order valence-electron chi connectivity index (χ0n) is 15.2. The van der Waals surface area contributed by atoms with E-state index in [4.69, 9.17) is 18.3 Å². The summed E-state index contributed by atoms with van der Waals surface area (Å²) in [5.74, 6) is 0.460. The summed E-state index contributed by atoms with van der Waals surface area (Å²) in [5.41, 5.74) is 0.432. The fourth-order valence-electron chi connectivity index (χ4n) is 3.18. The SMILES string of the molecule is Cc1cccc2c1O[P@](=O)(OC[C@H]1O[C@@H](n3cc([125I])c(=O)[nH]c3=O)C[C@@H]1O)OC2. The van der Waals surface area contributed by atoms with Crippen molar-refractivity contribution >= 4 is 30.4 Å². The minimum atomic E-state index is -3.88. The Morgan fingerprint density at radius 2 is 2.21 bits per heavy atom. The largest absolute Gasteiger partial charge is 0.530 e. The van der Waals surface area contributed by atoms with Gasteiger partial charge in [-0.05, 0) is 35.1 Å². The van der Waals surface area contributed by atoms with Gasteiger partial charge in [-0.25, -0.2) is 9.36 Å². The van der Waals surface area contributed by atoms with Gasteiger partial charge >= 0.3 is 13.5 Å². The number of H-pyrrole nitrogens is 1. The van der Waals surface area contributed by atoms with Crippen LogP contribution in [-0.4, -0.2) is 33.5 Å².